The Morgan fingerprint density at radius 3 is 3.00 bits per heavy atom. The van der Waals surface area contributed by atoms with Crippen molar-refractivity contribution >= 4 is 27.3 Å². The number of carbonyl (C=O) groups is 1. The maximum Gasteiger partial charge on any atom is 0.251 e. The highest BCUT2D eigenvalue weighted by Gasteiger charge is 2.23. The first-order chi connectivity index (χ1) is 7.33. The zero-order valence-corrected chi connectivity index (χ0v) is 9.01. The van der Waals surface area contributed by atoms with Gasteiger partial charge in [-0.15, -0.1) is 11.3 Å². The van der Waals surface area contributed by atoms with Crippen molar-refractivity contribution in [2.24, 2.45) is 0 Å². The maximum atomic E-state index is 11.8. The highest BCUT2D eigenvalue weighted by molar-refractivity contribution is 7.17. The summed E-state index contributed by atoms with van der Waals surface area (Å²) in [4.78, 5) is 11.8. The molecule has 0 saturated heterocycles. The van der Waals surface area contributed by atoms with Crippen molar-refractivity contribution in [3.63, 3.8) is 0 Å². The highest BCUT2D eigenvalue weighted by atomic mass is 32.1. The third-order valence-electron chi connectivity index (χ3n) is 2.63. The molecule has 0 unspecified atom stereocenters. The van der Waals surface area contributed by atoms with E-state index in [4.69, 9.17) is 0 Å². The Morgan fingerprint density at radius 2 is 2.20 bits per heavy atom. The summed E-state index contributed by atoms with van der Waals surface area (Å²) in [6.07, 6.45) is 2.26. The van der Waals surface area contributed by atoms with Crippen LogP contribution in [-0.2, 0) is 0 Å². The molecule has 1 aliphatic rings. The molecular formula is C12H11NOS. The molecule has 0 atom stereocenters. The normalized spacial score (nSPS) is 15.5. The van der Waals surface area contributed by atoms with Crippen LogP contribution in [0.4, 0.5) is 0 Å². The van der Waals surface area contributed by atoms with Gasteiger partial charge < -0.3 is 5.32 Å². The summed E-state index contributed by atoms with van der Waals surface area (Å²) in [7, 11) is 0. The van der Waals surface area contributed by atoms with Gasteiger partial charge in [0.25, 0.3) is 5.91 Å². The summed E-state index contributed by atoms with van der Waals surface area (Å²) in [5, 5.41) is 6.25. The number of hydrogen-bond donors (Lipinski definition) is 1. The number of benzene rings is 1. The van der Waals surface area contributed by atoms with Crippen LogP contribution in [0.25, 0.3) is 10.1 Å². The van der Waals surface area contributed by atoms with E-state index < -0.39 is 0 Å². The van der Waals surface area contributed by atoms with Gasteiger partial charge in [0.2, 0.25) is 0 Å². The molecular weight excluding hydrogens is 206 g/mol. The summed E-state index contributed by atoms with van der Waals surface area (Å²) in [5.41, 5.74) is 0.775. The summed E-state index contributed by atoms with van der Waals surface area (Å²) in [6.45, 7) is 0. The Labute approximate surface area is 91.9 Å². The molecule has 0 radical (unpaired) electrons. The molecule has 1 amide bonds. The number of hydrogen-bond acceptors (Lipinski definition) is 2. The third-order valence-corrected chi connectivity index (χ3v) is 3.51. The smallest absolute Gasteiger partial charge is 0.251 e. The second-order valence-electron chi connectivity index (χ2n) is 3.92. The number of rotatable bonds is 2. The number of carbonyl (C=O) groups excluding carboxylic acids is 1. The van der Waals surface area contributed by atoms with Crippen LogP contribution in [0.5, 0.6) is 0 Å². The summed E-state index contributed by atoms with van der Waals surface area (Å²) in [5.74, 6) is 0.0628. The van der Waals surface area contributed by atoms with Crippen LogP contribution in [0.15, 0.2) is 29.6 Å². The van der Waals surface area contributed by atoms with Crippen molar-refractivity contribution in [3.8, 4) is 0 Å². The zero-order chi connectivity index (χ0) is 10.3. The lowest BCUT2D eigenvalue weighted by Gasteiger charge is -2.02. The van der Waals surface area contributed by atoms with Gasteiger partial charge in [-0.2, -0.15) is 0 Å². The molecule has 3 heteroatoms. The summed E-state index contributed by atoms with van der Waals surface area (Å²) < 4.78 is 1.18. The predicted octanol–water partition coefficient (Wildman–Crippen LogP) is 2.79. The van der Waals surface area contributed by atoms with Crippen LogP contribution in [-0.4, -0.2) is 11.9 Å². The number of nitrogens with one attached hydrogen (secondary N) is 1. The first-order valence-electron chi connectivity index (χ1n) is 5.11. The molecule has 1 N–H and O–H groups in total. The van der Waals surface area contributed by atoms with E-state index in [1.165, 1.54) is 10.1 Å². The van der Waals surface area contributed by atoms with Gasteiger partial charge in [0.05, 0.1) is 0 Å². The minimum absolute atomic E-state index is 0.0628. The molecule has 0 spiro atoms. The average molecular weight is 217 g/mol. The van der Waals surface area contributed by atoms with Gasteiger partial charge in [0.15, 0.2) is 0 Å². The minimum Gasteiger partial charge on any atom is -0.349 e. The van der Waals surface area contributed by atoms with E-state index in [-0.39, 0.29) is 5.91 Å². The van der Waals surface area contributed by atoms with E-state index in [0.29, 0.717) is 6.04 Å². The van der Waals surface area contributed by atoms with Crippen molar-refractivity contribution in [1.82, 2.24) is 5.32 Å². The van der Waals surface area contributed by atoms with Crippen LogP contribution in [0.3, 0.4) is 0 Å². The molecule has 2 nitrogen and oxygen atoms in total. The molecule has 1 aromatic carbocycles. The van der Waals surface area contributed by atoms with Crippen molar-refractivity contribution in [2.45, 2.75) is 18.9 Å². The Bertz CT molecular complexity index is 513. The molecule has 3 rings (SSSR count). The van der Waals surface area contributed by atoms with Crippen molar-refractivity contribution in [3.05, 3.63) is 35.2 Å². The number of fused-ring (bicyclic) bond motifs is 1. The molecule has 76 valence electrons. The third kappa shape index (κ3) is 1.75. The van der Waals surface area contributed by atoms with E-state index in [0.717, 1.165) is 18.4 Å². The molecule has 0 aliphatic heterocycles. The molecule has 15 heavy (non-hydrogen) atoms. The highest BCUT2D eigenvalue weighted by Crippen LogP contribution is 2.23. The van der Waals surface area contributed by atoms with Gasteiger partial charge >= 0.3 is 0 Å². The van der Waals surface area contributed by atoms with Gasteiger partial charge in [-0.3, -0.25) is 4.79 Å². The fourth-order valence-electron chi connectivity index (χ4n) is 1.59. The Morgan fingerprint density at radius 1 is 1.33 bits per heavy atom. The number of amides is 1. The lowest BCUT2D eigenvalue weighted by molar-refractivity contribution is 0.0951. The van der Waals surface area contributed by atoms with Crippen molar-refractivity contribution in [1.29, 1.82) is 0 Å². The van der Waals surface area contributed by atoms with E-state index in [9.17, 15) is 4.79 Å². The van der Waals surface area contributed by atoms with E-state index in [2.05, 4.69) is 11.4 Å². The summed E-state index contributed by atoms with van der Waals surface area (Å²) >= 11 is 1.67. The monoisotopic (exact) mass is 217 g/mol. The standard InChI is InChI=1S/C12H11NOS/c14-12(13-10-3-4-10)9-2-1-8-5-6-15-11(8)7-9/h1-2,5-7,10H,3-4H2,(H,13,14). The minimum atomic E-state index is 0.0628. The van der Waals surface area contributed by atoms with E-state index >= 15 is 0 Å². The summed E-state index contributed by atoms with van der Waals surface area (Å²) in [6, 6.07) is 8.37. The van der Waals surface area contributed by atoms with Gasteiger partial charge in [0.1, 0.15) is 0 Å². The van der Waals surface area contributed by atoms with Crippen LogP contribution < -0.4 is 5.32 Å². The lowest BCUT2D eigenvalue weighted by atomic mass is 10.1. The van der Waals surface area contributed by atoms with Gasteiger partial charge in [-0.25, -0.2) is 0 Å². The molecule has 0 bridgehead atoms. The molecule has 1 heterocycles. The molecule has 1 fully saturated rings. The topological polar surface area (TPSA) is 29.1 Å². The Kier molecular flexibility index (Phi) is 1.99. The van der Waals surface area contributed by atoms with E-state index in [1.807, 2.05) is 23.6 Å². The first-order valence-corrected chi connectivity index (χ1v) is 5.99. The fourth-order valence-corrected chi connectivity index (χ4v) is 2.42. The first kappa shape index (κ1) is 8.92. The number of thiophene rings is 1. The van der Waals surface area contributed by atoms with Gasteiger partial charge in [0, 0.05) is 16.3 Å². The molecule has 1 aliphatic carbocycles. The quantitative estimate of drug-likeness (QED) is 0.823. The van der Waals surface area contributed by atoms with Gasteiger partial charge in [-0.05, 0) is 41.8 Å². The largest absolute Gasteiger partial charge is 0.349 e. The maximum absolute atomic E-state index is 11.8. The second-order valence-corrected chi connectivity index (χ2v) is 4.87. The second kappa shape index (κ2) is 3.35. The zero-order valence-electron chi connectivity index (χ0n) is 8.19. The van der Waals surface area contributed by atoms with Crippen LogP contribution in [0, 0.1) is 0 Å². The average Bonchev–Trinajstić information content (AvgIpc) is 2.94. The van der Waals surface area contributed by atoms with Crippen LogP contribution in [0.2, 0.25) is 0 Å². The lowest BCUT2D eigenvalue weighted by Crippen LogP contribution is -2.25. The molecule has 1 saturated carbocycles. The van der Waals surface area contributed by atoms with Gasteiger partial charge in [-0.1, -0.05) is 6.07 Å². The molecule has 1 aromatic heterocycles. The van der Waals surface area contributed by atoms with Crippen molar-refractivity contribution in [2.75, 3.05) is 0 Å². The molecule has 2 aromatic rings. The van der Waals surface area contributed by atoms with Crippen LogP contribution >= 0.6 is 11.3 Å². The Balaban J connectivity index is 1.91. The predicted molar refractivity (Wildman–Crippen MR) is 62.3 cm³/mol. The fraction of sp³-hybridized carbons (Fsp3) is 0.250. The SMILES string of the molecule is O=C(NC1CC1)c1ccc2ccsc2c1. The van der Waals surface area contributed by atoms with E-state index in [1.54, 1.807) is 11.3 Å². The van der Waals surface area contributed by atoms with Crippen LogP contribution in [0.1, 0.15) is 23.2 Å². The Hall–Kier alpha value is -1.35. The van der Waals surface area contributed by atoms with Crippen molar-refractivity contribution < 1.29 is 4.79 Å².